The van der Waals surface area contributed by atoms with Gasteiger partial charge in [-0.2, -0.15) is 0 Å². The number of hydrogen-bond donors (Lipinski definition) is 1. The molecule has 1 rings (SSSR count). The van der Waals surface area contributed by atoms with Gasteiger partial charge < -0.3 is 5.73 Å². The van der Waals surface area contributed by atoms with Crippen LogP contribution in [0.25, 0.3) is 0 Å². The molecule has 0 amide bonds. The zero-order valence-electron chi connectivity index (χ0n) is 6.48. The maximum Gasteiger partial charge on any atom is 0.179 e. The van der Waals surface area contributed by atoms with E-state index in [4.69, 9.17) is 28.9 Å². The van der Waals surface area contributed by atoms with Crippen molar-refractivity contribution in [3.63, 3.8) is 0 Å². The van der Waals surface area contributed by atoms with Crippen LogP contribution in [0.1, 0.15) is 10.4 Å². The first-order valence-corrected chi connectivity index (χ1v) is 4.31. The highest BCUT2D eigenvalue weighted by molar-refractivity contribution is 6.35. The van der Waals surface area contributed by atoms with E-state index in [-0.39, 0.29) is 22.2 Å². The number of carbonyl (C=O) groups is 1. The molecule has 0 aromatic heterocycles. The van der Waals surface area contributed by atoms with Crippen molar-refractivity contribution in [3.05, 3.63) is 28.5 Å². The number of ketones is 1. The Kier molecular flexibility index (Phi) is 3.12. The quantitative estimate of drug-likeness (QED) is 0.474. The molecule has 0 saturated heterocycles. The van der Waals surface area contributed by atoms with E-state index in [1.54, 1.807) is 0 Å². The predicted molar refractivity (Wildman–Crippen MR) is 50.9 cm³/mol. The van der Waals surface area contributed by atoms with E-state index in [0.29, 0.717) is 0 Å². The molecule has 0 spiro atoms. The minimum atomic E-state index is -0.604. The maximum absolute atomic E-state index is 12.8. The second-order valence-electron chi connectivity index (χ2n) is 2.41. The number of rotatable bonds is 2. The van der Waals surface area contributed by atoms with Crippen molar-refractivity contribution in [2.45, 2.75) is 0 Å². The molecule has 0 aliphatic heterocycles. The molecule has 0 fully saturated rings. The molecule has 1 aromatic rings. The van der Waals surface area contributed by atoms with Crippen LogP contribution in [-0.4, -0.2) is 11.7 Å². The first-order chi connectivity index (χ1) is 6.06. The van der Waals surface area contributed by atoms with Crippen LogP contribution in [0.4, 0.5) is 10.1 Å². The molecule has 2 nitrogen and oxygen atoms in total. The number of nitrogens with two attached hydrogens (primary N) is 1. The molecule has 0 unspecified atom stereocenters. The molecule has 0 bridgehead atoms. The van der Waals surface area contributed by atoms with E-state index >= 15 is 0 Å². The van der Waals surface area contributed by atoms with Gasteiger partial charge in [-0.15, -0.1) is 11.6 Å². The van der Waals surface area contributed by atoms with Crippen LogP contribution in [0.15, 0.2) is 12.1 Å². The third-order valence-corrected chi connectivity index (χ3v) is 2.07. The van der Waals surface area contributed by atoms with Crippen molar-refractivity contribution in [1.29, 1.82) is 0 Å². The average Bonchev–Trinajstić information content (AvgIpc) is 2.10. The topological polar surface area (TPSA) is 43.1 Å². The largest absolute Gasteiger partial charge is 0.397 e. The monoisotopic (exact) mass is 221 g/mol. The van der Waals surface area contributed by atoms with Crippen LogP contribution in [0.3, 0.4) is 0 Å². The van der Waals surface area contributed by atoms with Crippen molar-refractivity contribution >= 4 is 34.7 Å². The lowest BCUT2D eigenvalue weighted by Gasteiger charge is -2.04. The lowest BCUT2D eigenvalue weighted by atomic mass is 10.1. The van der Waals surface area contributed by atoms with Gasteiger partial charge in [0.15, 0.2) is 5.78 Å². The second kappa shape index (κ2) is 3.94. The Labute approximate surface area is 84.4 Å². The summed E-state index contributed by atoms with van der Waals surface area (Å²) in [5.41, 5.74) is 5.54. The molecule has 0 atom stereocenters. The number of nitrogen functional groups attached to an aromatic ring is 1. The molecule has 0 heterocycles. The molecule has 2 N–H and O–H groups in total. The first-order valence-electron chi connectivity index (χ1n) is 3.40. The van der Waals surface area contributed by atoms with Crippen molar-refractivity contribution in [2.24, 2.45) is 0 Å². The van der Waals surface area contributed by atoms with E-state index in [9.17, 15) is 9.18 Å². The van der Waals surface area contributed by atoms with Gasteiger partial charge in [-0.25, -0.2) is 4.39 Å². The fourth-order valence-corrected chi connectivity index (χ4v) is 1.24. The van der Waals surface area contributed by atoms with Crippen LogP contribution in [-0.2, 0) is 0 Å². The average molecular weight is 222 g/mol. The van der Waals surface area contributed by atoms with Crippen LogP contribution in [0.2, 0.25) is 5.02 Å². The summed E-state index contributed by atoms with van der Waals surface area (Å²) in [6.45, 7) is 0. The van der Waals surface area contributed by atoms with Crippen molar-refractivity contribution in [3.8, 4) is 0 Å². The standard InChI is InChI=1S/C8H6Cl2FNO/c9-3-7(13)5-1-4(11)2-6(10)8(5)12/h1-2H,3,12H2. The van der Waals surface area contributed by atoms with Gasteiger partial charge in [0.1, 0.15) is 5.82 Å². The van der Waals surface area contributed by atoms with E-state index in [1.807, 2.05) is 0 Å². The van der Waals surface area contributed by atoms with Gasteiger partial charge in [-0.3, -0.25) is 4.79 Å². The molecule has 70 valence electrons. The molecule has 0 radical (unpaired) electrons. The van der Waals surface area contributed by atoms with Gasteiger partial charge in [0.05, 0.1) is 16.6 Å². The molecule has 1 aromatic carbocycles. The van der Waals surface area contributed by atoms with Gasteiger partial charge in [-0.1, -0.05) is 11.6 Å². The van der Waals surface area contributed by atoms with Crippen LogP contribution >= 0.6 is 23.2 Å². The SMILES string of the molecule is Nc1c(Cl)cc(F)cc1C(=O)CCl. The van der Waals surface area contributed by atoms with E-state index < -0.39 is 11.6 Å². The number of carbonyl (C=O) groups excluding carboxylic acids is 1. The maximum atomic E-state index is 12.8. The highest BCUT2D eigenvalue weighted by Gasteiger charge is 2.12. The number of benzene rings is 1. The number of Topliss-reactive ketones (excluding diaryl/α,β-unsaturated/α-hetero) is 1. The summed E-state index contributed by atoms with van der Waals surface area (Å²) in [6, 6.07) is 2.06. The minimum Gasteiger partial charge on any atom is -0.397 e. The zero-order chi connectivity index (χ0) is 10.0. The first kappa shape index (κ1) is 10.3. The Morgan fingerprint density at radius 3 is 2.69 bits per heavy atom. The Hall–Kier alpha value is -0.800. The van der Waals surface area contributed by atoms with Crippen molar-refractivity contribution in [2.75, 3.05) is 11.6 Å². The number of alkyl halides is 1. The summed E-state index contributed by atoms with van der Waals surface area (Å²) in [4.78, 5) is 11.1. The third kappa shape index (κ3) is 2.11. The van der Waals surface area contributed by atoms with Gasteiger partial charge in [0, 0.05) is 5.56 Å². The molecule has 0 saturated carbocycles. The predicted octanol–water partition coefficient (Wildman–Crippen LogP) is 2.48. The van der Waals surface area contributed by atoms with Crippen LogP contribution in [0.5, 0.6) is 0 Å². The van der Waals surface area contributed by atoms with E-state index in [2.05, 4.69) is 0 Å². The van der Waals surface area contributed by atoms with Gasteiger partial charge in [-0.05, 0) is 12.1 Å². The lowest BCUT2D eigenvalue weighted by Crippen LogP contribution is -2.06. The van der Waals surface area contributed by atoms with E-state index in [0.717, 1.165) is 12.1 Å². The highest BCUT2D eigenvalue weighted by Crippen LogP contribution is 2.24. The normalized spacial score (nSPS) is 10.1. The van der Waals surface area contributed by atoms with Gasteiger partial charge >= 0.3 is 0 Å². The highest BCUT2D eigenvalue weighted by atomic mass is 35.5. The Balaban J connectivity index is 3.28. The van der Waals surface area contributed by atoms with Gasteiger partial charge in [0.2, 0.25) is 0 Å². The molecule has 13 heavy (non-hydrogen) atoms. The smallest absolute Gasteiger partial charge is 0.179 e. The number of halogens is 3. The third-order valence-electron chi connectivity index (χ3n) is 1.52. The van der Waals surface area contributed by atoms with Crippen molar-refractivity contribution < 1.29 is 9.18 Å². The van der Waals surface area contributed by atoms with E-state index in [1.165, 1.54) is 0 Å². The molecule has 0 aliphatic carbocycles. The summed E-state index contributed by atoms with van der Waals surface area (Å²) in [6.07, 6.45) is 0. The van der Waals surface area contributed by atoms with Gasteiger partial charge in [0.25, 0.3) is 0 Å². The summed E-state index contributed by atoms with van der Waals surface area (Å²) in [5, 5.41) is 0.0217. The summed E-state index contributed by atoms with van der Waals surface area (Å²) in [5.74, 6) is -1.29. The number of anilines is 1. The molecule has 5 heteroatoms. The molecule has 0 aliphatic rings. The second-order valence-corrected chi connectivity index (χ2v) is 3.08. The Morgan fingerprint density at radius 2 is 2.15 bits per heavy atom. The minimum absolute atomic E-state index is 0.0217. The summed E-state index contributed by atoms with van der Waals surface area (Å²) < 4.78 is 12.8. The molecular formula is C8H6Cl2FNO. The molecular weight excluding hydrogens is 216 g/mol. The fourth-order valence-electron chi connectivity index (χ4n) is 0.887. The Morgan fingerprint density at radius 1 is 1.54 bits per heavy atom. The Bertz CT molecular complexity index is 354. The number of hydrogen-bond acceptors (Lipinski definition) is 2. The fraction of sp³-hybridized carbons (Fsp3) is 0.125. The summed E-state index contributed by atoms with van der Waals surface area (Å²) >= 11 is 10.9. The van der Waals surface area contributed by atoms with Crippen LogP contribution < -0.4 is 5.73 Å². The zero-order valence-corrected chi connectivity index (χ0v) is 7.99. The van der Waals surface area contributed by atoms with Crippen LogP contribution in [0, 0.1) is 5.82 Å². The summed E-state index contributed by atoms with van der Waals surface area (Å²) in [7, 11) is 0. The lowest BCUT2D eigenvalue weighted by molar-refractivity contribution is 0.102. The van der Waals surface area contributed by atoms with Crippen molar-refractivity contribution in [1.82, 2.24) is 0 Å².